The standard InChI is InChI=1S/C13H15N3O4S/c1-6-8(3)20-9(15-6)5-14-13-16-10(12(18)19-4)11(21-13)7(2)17/h5H2,1-4H3,(H,14,16). The van der Waals surface area contributed by atoms with E-state index in [1.807, 2.05) is 13.8 Å². The van der Waals surface area contributed by atoms with Gasteiger partial charge in [0.25, 0.3) is 0 Å². The van der Waals surface area contributed by atoms with Gasteiger partial charge in [-0.3, -0.25) is 4.79 Å². The van der Waals surface area contributed by atoms with E-state index in [-0.39, 0.29) is 16.4 Å². The van der Waals surface area contributed by atoms with Crippen LogP contribution in [0.1, 0.15) is 44.4 Å². The van der Waals surface area contributed by atoms with E-state index < -0.39 is 5.97 Å². The molecule has 0 bridgehead atoms. The van der Waals surface area contributed by atoms with Crippen molar-refractivity contribution >= 4 is 28.2 Å². The highest BCUT2D eigenvalue weighted by molar-refractivity contribution is 7.17. The minimum Gasteiger partial charge on any atom is -0.464 e. The van der Waals surface area contributed by atoms with Gasteiger partial charge < -0.3 is 14.5 Å². The van der Waals surface area contributed by atoms with Gasteiger partial charge in [0.05, 0.1) is 19.3 Å². The van der Waals surface area contributed by atoms with E-state index in [0.717, 1.165) is 22.8 Å². The van der Waals surface area contributed by atoms with Crippen molar-refractivity contribution in [3.8, 4) is 0 Å². The summed E-state index contributed by atoms with van der Waals surface area (Å²) in [4.78, 5) is 31.7. The maximum absolute atomic E-state index is 11.6. The van der Waals surface area contributed by atoms with Crippen LogP contribution in [0.3, 0.4) is 0 Å². The summed E-state index contributed by atoms with van der Waals surface area (Å²) in [5.41, 5.74) is 0.850. The monoisotopic (exact) mass is 309 g/mol. The Morgan fingerprint density at radius 1 is 1.33 bits per heavy atom. The largest absolute Gasteiger partial charge is 0.464 e. The van der Waals surface area contributed by atoms with E-state index in [1.54, 1.807) is 0 Å². The second-order valence-electron chi connectivity index (χ2n) is 4.35. The smallest absolute Gasteiger partial charge is 0.358 e. The minimum atomic E-state index is -0.632. The number of ketones is 1. The predicted molar refractivity (Wildman–Crippen MR) is 76.8 cm³/mol. The number of aryl methyl sites for hydroxylation is 2. The molecule has 0 aliphatic rings. The first-order valence-electron chi connectivity index (χ1n) is 6.19. The molecule has 2 rings (SSSR count). The molecule has 2 aromatic heterocycles. The van der Waals surface area contributed by atoms with Gasteiger partial charge in [0.1, 0.15) is 10.6 Å². The number of rotatable bonds is 5. The zero-order valence-corrected chi connectivity index (χ0v) is 13.0. The lowest BCUT2D eigenvalue weighted by Crippen LogP contribution is -2.07. The van der Waals surface area contributed by atoms with Crippen LogP contribution in [0.5, 0.6) is 0 Å². The van der Waals surface area contributed by atoms with Crippen LogP contribution in [0.2, 0.25) is 0 Å². The number of ether oxygens (including phenoxy) is 1. The molecule has 8 heteroatoms. The molecule has 21 heavy (non-hydrogen) atoms. The third kappa shape index (κ3) is 3.27. The molecule has 0 fully saturated rings. The molecule has 0 aliphatic heterocycles. The summed E-state index contributed by atoms with van der Waals surface area (Å²) in [6.45, 7) is 5.39. The van der Waals surface area contributed by atoms with Gasteiger partial charge in [-0.15, -0.1) is 0 Å². The number of thiazole rings is 1. The predicted octanol–water partition coefficient (Wildman–Crippen LogP) is 2.35. The number of carbonyl (C=O) groups excluding carboxylic acids is 2. The lowest BCUT2D eigenvalue weighted by Gasteiger charge is -1.97. The quantitative estimate of drug-likeness (QED) is 0.669. The lowest BCUT2D eigenvalue weighted by molar-refractivity contribution is 0.0591. The van der Waals surface area contributed by atoms with E-state index >= 15 is 0 Å². The van der Waals surface area contributed by atoms with Gasteiger partial charge in [0, 0.05) is 6.92 Å². The maximum Gasteiger partial charge on any atom is 0.358 e. The molecule has 0 aliphatic carbocycles. The van der Waals surface area contributed by atoms with Crippen molar-refractivity contribution < 1.29 is 18.7 Å². The summed E-state index contributed by atoms with van der Waals surface area (Å²) in [7, 11) is 1.25. The number of carbonyl (C=O) groups is 2. The Labute approximate surface area is 125 Å². The SMILES string of the molecule is COC(=O)c1nc(NCc2nc(C)c(C)o2)sc1C(C)=O. The summed E-state index contributed by atoms with van der Waals surface area (Å²) in [5, 5.41) is 3.43. The van der Waals surface area contributed by atoms with Crippen molar-refractivity contribution in [1.82, 2.24) is 9.97 Å². The van der Waals surface area contributed by atoms with Crippen molar-refractivity contribution in [3.05, 3.63) is 27.9 Å². The Morgan fingerprint density at radius 2 is 2.05 bits per heavy atom. The number of methoxy groups -OCH3 is 1. The first-order valence-corrected chi connectivity index (χ1v) is 7.01. The molecule has 7 nitrogen and oxygen atoms in total. The zero-order valence-electron chi connectivity index (χ0n) is 12.1. The summed E-state index contributed by atoms with van der Waals surface area (Å²) in [6, 6.07) is 0. The van der Waals surface area contributed by atoms with Crippen LogP contribution in [0.15, 0.2) is 4.42 Å². The summed E-state index contributed by atoms with van der Waals surface area (Å²) < 4.78 is 10.1. The van der Waals surface area contributed by atoms with E-state index in [2.05, 4.69) is 20.0 Å². The Balaban J connectivity index is 2.17. The topological polar surface area (TPSA) is 94.3 Å². The van der Waals surface area contributed by atoms with Gasteiger partial charge in [-0.2, -0.15) is 0 Å². The number of esters is 1. The van der Waals surface area contributed by atoms with Crippen molar-refractivity contribution in [2.75, 3.05) is 12.4 Å². The van der Waals surface area contributed by atoms with Gasteiger partial charge in [-0.1, -0.05) is 11.3 Å². The molecule has 0 unspecified atom stereocenters. The van der Waals surface area contributed by atoms with Gasteiger partial charge in [0.2, 0.25) is 5.89 Å². The Morgan fingerprint density at radius 3 is 2.57 bits per heavy atom. The second-order valence-corrected chi connectivity index (χ2v) is 5.35. The molecule has 1 N–H and O–H groups in total. The third-order valence-electron chi connectivity index (χ3n) is 2.79. The lowest BCUT2D eigenvalue weighted by atomic mass is 10.3. The molecule has 0 spiro atoms. The van der Waals surface area contributed by atoms with E-state index in [4.69, 9.17) is 4.42 Å². The molecule has 0 saturated carbocycles. The Kier molecular flexibility index (Phi) is 4.37. The van der Waals surface area contributed by atoms with E-state index in [9.17, 15) is 9.59 Å². The molecule has 2 heterocycles. The fourth-order valence-electron chi connectivity index (χ4n) is 1.64. The molecule has 0 saturated heterocycles. The average Bonchev–Trinajstić information content (AvgIpc) is 3.00. The van der Waals surface area contributed by atoms with Crippen LogP contribution < -0.4 is 5.32 Å². The maximum atomic E-state index is 11.6. The van der Waals surface area contributed by atoms with Crippen LogP contribution in [-0.4, -0.2) is 28.8 Å². The number of oxazole rings is 1. The van der Waals surface area contributed by atoms with E-state index in [1.165, 1.54) is 14.0 Å². The number of hydrogen-bond donors (Lipinski definition) is 1. The third-order valence-corrected chi connectivity index (χ3v) is 3.90. The first kappa shape index (κ1) is 15.2. The summed E-state index contributed by atoms with van der Waals surface area (Å²) in [5.74, 6) is 0.408. The minimum absolute atomic E-state index is 0.0252. The average molecular weight is 309 g/mol. The molecule has 0 radical (unpaired) electrons. The molecular weight excluding hydrogens is 294 g/mol. The summed E-state index contributed by atoms with van der Waals surface area (Å²) in [6.07, 6.45) is 0. The normalized spacial score (nSPS) is 10.5. The second kappa shape index (κ2) is 6.04. The molecule has 0 aromatic carbocycles. The van der Waals surface area contributed by atoms with E-state index in [0.29, 0.717) is 17.6 Å². The molecule has 0 atom stereocenters. The van der Waals surface area contributed by atoms with Crippen molar-refractivity contribution in [3.63, 3.8) is 0 Å². The number of hydrogen-bond acceptors (Lipinski definition) is 8. The van der Waals surface area contributed by atoms with Crippen molar-refractivity contribution in [2.45, 2.75) is 27.3 Å². The fraction of sp³-hybridized carbons (Fsp3) is 0.385. The fourth-order valence-corrected chi connectivity index (χ4v) is 2.48. The van der Waals surface area contributed by atoms with Crippen molar-refractivity contribution in [1.29, 1.82) is 0 Å². The van der Waals surface area contributed by atoms with Crippen LogP contribution in [0.25, 0.3) is 0 Å². The van der Waals surface area contributed by atoms with Crippen LogP contribution in [-0.2, 0) is 11.3 Å². The number of anilines is 1. The van der Waals surface area contributed by atoms with Crippen molar-refractivity contribution in [2.24, 2.45) is 0 Å². The number of nitrogens with zero attached hydrogens (tertiary/aromatic N) is 2. The zero-order chi connectivity index (χ0) is 15.6. The van der Waals surface area contributed by atoms with Gasteiger partial charge in [-0.25, -0.2) is 14.8 Å². The highest BCUT2D eigenvalue weighted by Gasteiger charge is 2.21. The Hall–Kier alpha value is -2.22. The van der Waals surface area contributed by atoms with Gasteiger partial charge in [-0.05, 0) is 13.8 Å². The number of nitrogens with one attached hydrogen (secondary N) is 1. The van der Waals surface area contributed by atoms with Crippen LogP contribution in [0.4, 0.5) is 5.13 Å². The van der Waals surface area contributed by atoms with Crippen LogP contribution >= 0.6 is 11.3 Å². The van der Waals surface area contributed by atoms with Gasteiger partial charge >= 0.3 is 5.97 Å². The molecule has 0 amide bonds. The highest BCUT2D eigenvalue weighted by Crippen LogP contribution is 2.24. The summed E-state index contributed by atoms with van der Waals surface area (Å²) >= 11 is 1.10. The van der Waals surface area contributed by atoms with Gasteiger partial charge in [0.15, 0.2) is 16.6 Å². The first-order chi connectivity index (χ1) is 9.92. The van der Waals surface area contributed by atoms with Crippen LogP contribution in [0, 0.1) is 13.8 Å². The Bertz CT molecular complexity index is 670. The molecule has 112 valence electrons. The molecule has 2 aromatic rings. The number of aromatic nitrogens is 2. The highest BCUT2D eigenvalue weighted by atomic mass is 32.1. The molecular formula is C13H15N3O4S. The number of Topliss-reactive ketones (excluding diaryl/α,β-unsaturated/α-hetero) is 1.